The van der Waals surface area contributed by atoms with Gasteiger partial charge in [-0.3, -0.25) is 9.89 Å². The first kappa shape index (κ1) is 18.4. The summed E-state index contributed by atoms with van der Waals surface area (Å²) in [6, 6.07) is 0.0231. The molecule has 1 aliphatic rings. The molecule has 0 aromatic carbocycles. The highest BCUT2D eigenvalue weighted by Crippen LogP contribution is 2.35. The van der Waals surface area contributed by atoms with Gasteiger partial charge in [-0.2, -0.15) is 5.10 Å². The Bertz CT molecular complexity index is 570. The van der Waals surface area contributed by atoms with E-state index < -0.39 is 5.97 Å². The van der Waals surface area contributed by atoms with Crippen molar-refractivity contribution in [2.45, 2.75) is 65.2 Å². The molecule has 1 fully saturated rings. The molecule has 0 radical (unpaired) electrons. The van der Waals surface area contributed by atoms with Gasteiger partial charge < -0.3 is 14.8 Å². The number of hydrogen-bond acceptors (Lipinski definition) is 5. The Morgan fingerprint density at radius 1 is 1.46 bits per heavy atom. The van der Waals surface area contributed by atoms with Crippen LogP contribution in [0.3, 0.4) is 0 Å². The molecule has 0 spiro atoms. The number of rotatable bonds is 6. The third-order valence-corrected chi connectivity index (χ3v) is 4.04. The van der Waals surface area contributed by atoms with Crippen molar-refractivity contribution in [1.29, 1.82) is 0 Å². The van der Waals surface area contributed by atoms with Crippen molar-refractivity contribution in [3.8, 4) is 0 Å². The van der Waals surface area contributed by atoms with E-state index in [2.05, 4.69) is 29.4 Å². The molecule has 0 unspecified atom stereocenters. The third-order valence-electron chi connectivity index (χ3n) is 4.04. The molecule has 0 saturated carbocycles. The molecule has 3 atom stereocenters. The van der Waals surface area contributed by atoms with Gasteiger partial charge in [-0.25, -0.2) is 4.79 Å². The zero-order chi connectivity index (χ0) is 17.7. The van der Waals surface area contributed by atoms with Gasteiger partial charge >= 0.3 is 5.97 Å². The maximum atomic E-state index is 12.1. The van der Waals surface area contributed by atoms with E-state index >= 15 is 0 Å². The zero-order valence-electron chi connectivity index (χ0n) is 14.8. The second kappa shape index (κ2) is 8.28. The van der Waals surface area contributed by atoms with E-state index in [1.807, 2.05) is 0 Å². The average Bonchev–Trinajstić information content (AvgIpc) is 2.95. The van der Waals surface area contributed by atoms with Crippen LogP contribution >= 0.6 is 0 Å². The fraction of sp³-hybridized carbons (Fsp3) is 0.706. The van der Waals surface area contributed by atoms with Crippen LogP contribution in [-0.2, 0) is 14.3 Å². The number of esters is 1. The number of aromatic amines is 1. The van der Waals surface area contributed by atoms with Crippen LogP contribution in [0.2, 0.25) is 0 Å². The molecule has 1 amide bonds. The first-order valence-electron chi connectivity index (χ1n) is 8.53. The maximum Gasteiger partial charge on any atom is 0.356 e. The number of carbonyl (C=O) groups is 2. The smallest absolute Gasteiger partial charge is 0.356 e. The second-order valence-electron chi connectivity index (χ2n) is 6.67. The second-order valence-corrected chi connectivity index (χ2v) is 6.67. The summed E-state index contributed by atoms with van der Waals surface area (Å²) in [6.07, 6.45) is 3.64. The quantitative estimate of drug-likeness (QED) is 0.777. The minimum Gasteiger partial charge on any atom is -0.461 e. The Morgan fingerprint density at radius 2 is 2.21 bits per heavy atom. The minimum absolute atomic E-state index is 0.0231. The lowest BCUT2D eigenvalue weighted by Gasteiger charge is -2.36. The lowest BCUT2D eigenvalue weighted by atomic mass is 9.90. The van der Waals surface area contributed by atoms with E-state index in [0.29, 0.717) is 30.2 Å². The van der Waals surface area contributed by atoms with Crippen LogP contribution in [0.4, 0.5) is 0 Å². The summed E-state index contributed by atoms with van der Waals surface area (Å²) in [5.74, 6) is -0.00183. The van der Waals surface area contributed by atoms with Crippen LogP contribution in [0.15, 0.2) is 6.20 Å². The Labute approximate surface area is 142 Å². The summed E-state index contributed by atoms with van der Waals surface area (Å²) >= 11 is 0. The average molecular weight is 337 g/mol. The highest BCUT2D eigenvalue weighted by molar-refractivity contribution is 5.88. The van der Waals surface area contributed by atoms with Gasteiger partial charge in [0.25, 0.3) is 0 Å². The van der Waals surface area contributed by atoms with Crippen LogP contribution < -0.4 is 5.32 Å². The van der Waals surface area contributed by atoms with E-state index in [1.54, 1.807) is 13.1 Å². The largest absolute Gasteiger partial charge is 0.461 e. The predicted octanol–water partition coefficient (Wildman–Crippen LogP) is 2.36. The number of aromatic nitrogens is 2. The van der Waals surface area contributed by atoms with E-state index in [4.69, 9.17) is 9.47 Å². The number of nitrogens with one attached hydrogen (secondary N) is 2. The minimum atomic E-state index is -0.435. The third kappa shape index (κ3) is 4.80. The molecule has 2 N–H and O–H groups in total. The van der Waals surface area contributed by atoms with E-state index in [0.717, 1.165) is 12.8 Å². The Morgan fingerprint density at radius 3 is 2.83 bits per heavy atom. The summed E-state index contributed by atoms with van der Waals surface area (Å²) in [4.78, 5) is 23.5. The standard InChI is InChI=1S/C17H27N3O4/c1-5-23-17(22)16-14(9-18-20-16)15-8-12(19-11(4)21)7-13(24-15)6-10(2)3/h9-10,12-13,15H,5-8H2,1-4H3,(H,18,20)(H,19,21)/t12-,13+,15+/m0/s1. The molecule has 0 aliphatic carbocycles. The van der Waals surface area contributed by atoms with E-state index in [9.17, 15) is 9.59 Å². The predicted molar refractivity (Wildman–Crippen MR) is 88.5 cm³/mol. The molecular formula is C17H27N3O4. The first-order valence-corrected chi connectivity index (χ1v) is 8.53. The number of amides is 1. The summed E-state index contributed by atoms with van der Waals surface area (Å²) in [6.45, 7) is 7.86. The lowest BCUT2D eigenvalue weighted by molar-refractivity contribution is -0.122. The SMILES string of the molecule is CCOC(=O)c1[nH]ncc1[C@H]1C[C@@H](NC(C)=O)C[C@@H](CC(C)C)O1. The van der Waals surface area contributed by atoms with Crippen molar-refractivity contribution in [2.75, 3.05) is 6.61 Å². The normalized spacial score (nSPS) is 24.0. The highest BCUT2D eigenvalue weighted by Gasteiger charge is 2.34. The Hall–Kier alpha value is -1.89. The molecular weight excluding hydrogens is 310 g/mol. The van der Waals surface area contributed by atoms with Gasteiger partial charge in [0.05, 0.1) is 25.0 Å². The van der Waals surface area contributed by atoms with Gasteiger partial charge in [-0.15, -0.1) is 0 Å². The molecule has 7 nitrogen and oxygen atoms in total. The van der Waals surface area contributed by atoms with Crippen LogP contribution in [0.1, 0.15) is 69.1 Å². The lowest BCUT2D eigenvalue weighted by Crippen LogP contribution is -2.42. The van der Waals surface area contributed by atoms with Crippen molar-refractivity contribution in [3.05, 3.63) is 17.5 Å². The van der Waals surface area contributed by atoms with Crippen LogP contribution in [0, 0.1) is 5.92 Å². The summed E-state index contributed by atoms with van der Waals surface area (Å²) < 4.78 is 11.3. The number of ether oxygens (including phenoxy) is 2. The molecule has 134 valence electrons. The molecule has 1 aromatic heterocycles. The van der Waals surface area contributed by atoms with Gasteiger partial charge in [-0.05, 0) is 32.1 Å². The van der Waals surface area contributed by atoms with Gasteiger partial charge in [-0.1, -0.05) is 13.8 Å². The number of hydrogen-bond donors (Lipinski definition) is 2. The molecule has 1 saturated heterocycles. The van der Waals surface area contributed by atoms with Crippen molar-refractivity contribution in [3.63, 3.8) is 0 Å². The monoisotopic (exact) mass is 337 g/mol. The van der Waals surface area contributed by atoms with Crippen molar-refractivity contribution in [2.24, 2.45) is 5.92 Å². The molecule has 1 aliphatic heterocycles. The number of H-pyrrole nitrogens is 1. The topological polar surface area (TPSA) is 93.3 Å². The molecule has 1 aromatic rings. The van der Waals surface area contributed by atoms with Crippen LogP contribution in [0.25, 0.3) is 0 Å². The molecule has 2 heterocycles. The maximum absolute atomic E-state index is 12.1. The van der Waals surface area contributed by atoms with Gasteiger partial charge in [0.15, 0.2) is 0 Å². The molecule has 2 rings (SSSR count). The highest BCUT2D eigenvalue weighted by atomic mass is 16.5. The number of nitrogens with zero attached hydrogens (tertiary/aromatic N) is 1. The molecule has 0 bridgehead atoms. The zero-order valence-corrected chi connectivity index (χ0v) is 14.8. The van der Waals surface area contributed by atoms with Gasteiger partial charge in [0, 0.05) is 18.5 Å². The van der Waals surface area contributed by atoms with Crippen molar-refractivity contribution in [1.82, 2.24) is 15.5 Å². The van der Waals surface area contributed by atoms with E-state index in [-0.39, 0.29) is 24.2 Å². The van der Waals surface area contributed by atoms with E-state index in [1.165, 1.54) is 6.92 Å². The van der Waals surface area contributed by atoms with Crippen LogP contribution in [0.5, 0.6) is 0 Å². The first-order chi connectivity index (χ1) is 11.4. The van der Waals surface area contributed by atoms with Crippen LogP contribution in [-0.4, -0.2) is 40.8 Å². The summed E-state index contributed by atoms with van der Waals surface area (Å²) in [5.41, 5.74) is 1.02. The molecule has 24 heavy (non-hydrogen) atoms. The Balaban J connectivity index is 2.19. The number of carbonyl (C=O) groups excluding carboxylic acids is 2. The fourth-order valence-corrected chi connectivity index (χ4v) is 3.20. The molecule has 7 heteroatoms. The van der Waals surface area contributed by atoms with Crippen molar-refractivity contribution < 1.29 is 19.1 Å². The summed E-state index contributed by atoms with van der Waals surface area (Å²) in [7, 11) is 0. The van der Waals surface area contributed by atoms with Gasteiger partial charge in [0.2, 0.25) is 5.91 Å². The van der Waals surface area contributed by atoms with Gasteiger partial charge in [0.1, 0.15) is 5.69 Å². The summed E-state index contributed by atoms with van der Waals surface area (Å²) in [5, 5.41) is 9.67. The van der Waals surface area contributed by atoms with Crippen molar-refractivity contribution >= 4 is 11.9 Å². The Kier molecular flexibility index (Phi) is 6.36. The fourth-order valence-electron chi connectivity index (χ4n) is 3.20.